The minimum atomic E-state index is -0.513. The first-order valence-electron chi connectivity index (χ1n) is 8.46. The number of nitrogens with zero attached hydrogens (tertiary/aromatic N) is 1. The van der Waals surface area contributed by atoms with Gasteiger partial charge < -0.3 is 4.74 Å². The van der Waals surface area contributed by atoms with Crippen molar-refractivity contribution in [2.45, 2.75) is 0 Å². The van der Waals surface area contributed by atoms with E-state index in [1.807, 2.05) is 6.07 Å². The lowest BCUT2D eigenvalue weighted by atomic mass is 10.0. The third kappa shape index (κ3) is 5.32. The van der Waals surface area contributed by atoms with Crippen molar-refractivity contribution in [1.82, 2.24) is 0 Å². The van der Waals surface area contributed by atoms with Crippen LogP contribution in [0.1, 0.15) is 26.3 Å². The Hall–Kier alpha value is -3.39. The van der Waals surface area contributed by atoms with E-state index in [9.17, 15) is 14.9 Å². The van der Waals surface area contributed by atoms with E-state index >= 15 is 0 Å². The van der Waals surface area contributed by atoms with Crippen LogP contribution in [0.3, 0.4) is 0 Å². The third-order valence-corrected chi connectivity index (χ3v) is 4.46. The Morgan fingerprint density at radius 1 is 0.793 bits per heavy atom. The number of allylic oxidation sites excluding steroid dienone is 1. The number of carbonyl (C=O) groups excluding carboxylic acids is 2. The van der Waals surface area contributed by atoms with E-state index in [2.05, 4.69) is 0 Å². The largest absolute Gasteiger partial charge is 0.423 e. The SMILES string of the molecule is N#CC(=Cc1ccc(OC(=O)c2ccc(Cl)cc2)cc1)C(=O)c1ccc(Cl)cc1. The number of esters is 1. The van der Waals surface area contributed by atoms with E-state index in [0.717, 1.165) is 0 Å². The second kappa shape index (κ2) is 9.20. The van der Waals surface area contributed by atoms with Gasteiger partial charge in [0.15, 0.2) is 0 Å². The number of carbonyl (C=O) groups is 2. The first-order valence-corrected chi connectivity index (χ1v) is 9.22. The van der Waals surface area contributed by atoms with Crippen LogP contribution in [0.5, 0.6) is 5.75 Å². The fourth-order valence-corrected chi connectivity index (χ4v) is 2.71. The van der Waals surface area contributed by atoms with Gasteiger partial charge in [0.2, 0.25) is 5.78 Å². The quantitative estimate of drug-likeness (QED) is 0.166. The Bertz CT molecular complexity index is 1110. The second-order valence-corrected chi connectivity index (χ2v) is 6.84. The van der Waals surface area contributed by atoms with Crippen molar-refractivity contribution in [3.05, 3.63) is 105 Å². The molecule has 4 nitrogen and oxygen atoms in total. The molecular weight excluding hydrogens is 409 g/mol. The summed E-state index contributed by atoms with van der Waals surface area (Å²) in [7, 11) is 0. The molecule has 0 spiro atoms. The van der Waals surface area contributed by atoms with Crippen LogP contribution < -0.4 is 4.74 Å². The summed E-state index contributed by atoms with van der Waals surface area (Å²) < 4.78 is 5.31. The molecule has 0 aliphatic heterocycles. The fraction of sp³-hybridized carbons (Fsp3) is 0. The Kier molecular flexibility index (Phi) is 6.46. The van der Waals surface area contributed by atoms with E-state index in [4.69, 9.17) is 27.9 Å². The molecule has 29 heavy (non-hydrogen) atoms. The number of hydrogen-bond donors (Lipinski definition) is 0. The van der Waals surface area contributed by atoms with Gasteiger partial charge in [0.25, 0.3) is 0 Å². The summed E-state index contributed by atoms with van der Waals surface area (Å²) in [5.74, 6) is -0.576. The summed E-state index contributed by atoms with van der Waals surface area (Å²) in [5.41, 5.74) is 1.35. The van der Waals surface area contributed by atoms with Gasteiger partial charge in [-0.05, 0) is 72.3 Å². The van der Waals surface area contributed by atoms with Crippen molar-refractivity contribution in [3.63, 3.8) is 0 Å². The number of nitriles is 1. The van der Waals surface area contributed by atoms with Crippen molar-refractivity contribution in [2.75, 3.05) is 0 Å². The van der Waals surface area contributed by atoms with Crippen LogP contribution in [0, 0.1) is 11.3 Å². The highest BCUT2D eigenvalue weighted by atomic mass is 35.5. The zero-order valence-corrected chi connectivity index (χ0v) is 16.4. The molecule has 0 saturated heterocycles. The highest BCUT2D eigenvalue weighted by Crippen LogP contribution is 2.19. The number of hydrogen-bond acceptors (Lipinski definition) is 4. The zero-order chi connectivity index (χ0) is 20.8. The highest BCUT2D eigenvalue weighted by molar-refractivity contribution is 6.31. The molecule has 0 aliphatic carbocycles. The van der Waals surface area contributed by atoms with E-state index in [-0.39, 0.29) is 5.57 Å². The molecule has 142 valence electrons. The number of rotatable bonds is 5. The Morgan fingerprint density at radius 2 is 1.31 bits per heavy atom. The molecule has 0 aliphatic rings. The molecule has 0 unspecified atom stereocenters. The molecule has 0 saturated carbocycles. The summed E-state index contributed by atoms with van der Waals surface area (Å²) >= 11 is 11.6. The van der Waals surface area contributed by atoms with Gasteiger partial charge in [-0.15, -0.1) is 0 Å². The van der Waals surface area contributed by atoms with Crippen LogP contribution in [-0.2, 0) is 0 Å². The van der Waals surface area contributed by atoms with Crippen LogP contribution in [-0.4, -0.2) is 11.8 Å². The molecule has 0 N–H and O–H groups in total. The topological polar surface area (TPSA) is 67.2 Å². The molecule has 0 atom stereocenters. The molecule has 0 bridgehead atoms. The maximum atomic E-state index is 12.5. The molecule has 0 fully saturated rings. The van der Waals surface area contributed by atoms with E-state index < -0.39 is 11.8 Å². The number of ether oxygens (including phenoxy) is 1. The smallest absolute Gasteiger partial charge is 0.343 e. The molecular formula is C23H13Cl2NO3. The normalized spacial score (nSPS) is 10.9. The van der Waals surface area contributed by atoms with Crippen molar-refractivity contribution in [1.29, 1.82) is 5.26 Å². The predicted octanol–water partition coefficient (Wildman–Crippen LogP) is 6.00. The zero-order valence-electron chi connectivity index (χ0n) is 14.9. The average Bonchev–Trinajstić information content (AvgIpc) is 2.73. The second-order valence-electron chi connectivity index (χ2n) is 5.97. The minimum Gasteiger partial charge on any atom is -0.423 e. The first kappa shape index (κ1) is 20.3. The van der Waals surface area contributed by atoms with Gasteiger partial charge in [-0.2, -0.15) is 5.26 Å². The van der Waals surface area contributed by atoms with Crippen molar-refractivity contribution >= 4 is 41.0 Å². The molecule has 3 rings (SSSR count). The van der Waals surface area contributed by atoms with Gasteiger partial charge in [0.05, 0.1) is 5.56 Å². The van der Waals surface area contributed by atoms with Crippen molar-refractivity contribution < 1.29 is 14.3 Å². The summed E-state index contributed by atoms with van der Waals surface area (Å²) in [6, 6.07) is 21.1. The molecule has 0 radical (unpaired) electrons. The highest BCUT2D eigenvalue weighted by Gasteiger charge is 2.12. The van der Waals surface area contributed by atoms with Gasteiger partial charge in [-0.1, -0.05) is 35.3 Å². The molecule has 3 aromatic rings. The van der Waals surface area contributed by atoms with E-state index in [1.165, 1.54) is 6.08 Å². The number of Topliss-reactive ketones (excluding diaryl/α,β-unsaturated/α-hetero) is 1. The maximum Gasteiger partial charge on any atom is 0.343 e. The van der Waals surface area contributed by atoms with Crippen LogP contribution in [0.25, 0.3) is 6.08 Å². The van der Waals surface area contributed by atoms with Crippen LogP contribution in [0.2, 0.25) is 10.0 Å². The average molecular weight is 422 g/mol. The van der Waals surface area contributed by atoms with Crippen molar-refractivity contribution in [2.24, 2.45) is 0 Å². The summed E-state index contributed by atoms with van der Waals surface area (Å²) in [6.07, 6.45) is 1.47. The van der Waals surface area contributed by atoms with Crippen molar-refractivity contribution in [3.8, 4) is 11.8 Å². The Labute approximate surface area is 177 Å². The fourth-order valence-electron chi connectivity index (χ4n) is 2.46. The number of benzene rings is 3. The molecule has 3 aromatic carbocycles. The third-order valence-electron chi connectivity index (χ3n) is 3.95. The Balaban J connectivity index is 1.73. The summed E-state index contributed by atoms with van der Waals surface area (Å²) in [6.45, 7) is 0. The monoisotopic (exact) mass is 421 g/mol. The van der Waals surface area contributed by atoms with Crippen LogP contribution in [0.4, 0.5) is 0 Å². The van der Waals surface area contributed by atoms with Crippen LogP contribution in [0.15, 0.2) is 78.4 Å². The predicted molar refractivity (Wildman–Crippen MR) is 112 cm³/mol. The minimum absolute atomic E-state index is 0.0155. The lowest BCUT2D eigenvalue weighted by Crippen LogP contribution is -2.08. The molecule has 6 heteroatoms. The van der Waals surface area contributed by atoms with Gasteiger partial charge in [0.1, 0.15) is 17.4 Å². The van der Waals surface area contributed by atoms with Gasteiger partial charge in [-0.3, -0.25) is 4.79 Å². The molecule has 0 heterocycles. The Morgan fingerprint density at radius 3 is 1.83 bits per heavy atom. The van der Waals surface area contributed by atoms with Gasteiger partial charge in [0, 0.05) is 15.6 Å². The van der Waals surface area contributed by atoms with E-state index in [1.54, 1.807) is 72.8 Å². The number of ketones is 1. The summed E-state index contributed by atoms with van der Waals surface area (Å²) in [4.78, 5) is 24.6. The van der Waals surface area contributed by atoms with Crippen LogP contribution >= 0.6 is 23.2 Å². The number of halogens is 2. The van der Waals surface area contributed by atoms with E-state index in [0.29, 0.717) is 32.5 Å². The van der Waals surface area contributed by atoms with Gasteiger partial charge in [-0.25, -0.2) is 4.79 Å². The first-order chi connectivity index (χ1) is 14.0. The molecule has 0 amide bonds. The summed E-state index contributed by atoms with van der Waals surface area (Å²) in [5, 5.41) is 10.4. The standard InChI is InChI=1S/C23H13Cl2NO3/c24-19-7-3-16(4-8-19)22(27)18(14-26)13-15-1-11-21(12-2-15)29-23(28)17-5-9-20(25)10-6-17/h1-13H. The maximum absolute atomic E-state index is 12.5. The lowest BCUT2D eigenvalue weighted by Gasteiger charge is -2.05. The van der Waals surface area contributed by atoms with Gasteiger partial charge >= 0.3 is 5.97 Å². The lowest BCUT2D eigenvalue weighted by molar-refractivity contribution is 0.0734. The molecule has 0 aromatic heterocycles.